The Morgan fingerprint density at radius 2 is 1.81 bits per heavy atom. The summed E-state index contributed by atoms with van der Waals surface area (Å²) in [6, 6.07) is 0. The Labute approximate surface area is 169 Å². The number of aromatic nitrogens is 3. The molecule has 0 atom stereocenters. The summed E-state index contributed by atoms with van der Waals surface area (Å²) in [7, 11) is 1.62. The van der Waals surface area contributed by atoms with E-state index < -0.39 is 0 Å². The van der Waals surface area contributed by atoms with E-state index in [0.717, 1.165) is 24.3 Å². The van der Waals surface area contributed by atoms with Crippen molar-refractivity contribution in [3.05, 3.63) is 32.2 Å². The minimum atomic E-state index is -0.203. The third-order valence-corrected chi connectivity index (χ3v) is 4.95. The Hall–Kier alpha value is -1.48. The molecule has 2 heterocycles. The monoisotopic (exact) mass is 421 g/mol. The van der Waals surface area contributed by atoms with E-state index >= 15 is 0 Å². The van der Waals surface area contributed by atoms with Crippen molar-refractivity contribution in [2.45, 2.75) is 27.7 Å². The first kappa shape index (κ1) is 24.5. The van der Waals surface area contributed by atoms with E-state index in [2.05, 4.69) is 20.7 Å². The van der Waals surface area contributed by atoms with Crippen LogP contribution in [0.5, 0.6) is 0 Å². The Kier molecular flexibility index (Phi) is 10.0. The van der Waals surface area contributed by atoms with Crippen LogP contribution in [0.25, 0.3) is 10.6 Å². The highest BCUT2D eigenvalue weighted by Gasteiger charge is 2.20. The van der Waals surface area contributed by atoms with Crippen molar-refractivity contribution in [2.24, 2.45) is 7.05 Å². The molecule has 2 N–H and O–H groups in total. The smallest absolute Gasteiger partial charge is 0.277 e. The quantitative estimate of drug-likeness (QED) is 0.696. The third-order valence-electron chi connectivity index (χ3n) is 3.78. The lowest BCUT2D eigenvalue weighted by atomic mass is 10.1. The molecule has 0 spiro atoms. The number of likely N-dealkylation sites (N-methyl/N-ethyl adjacent to an activating group) is 1. The molecule has 0 saturated heterocycles. The van der Waals surface area contributed by atoms with E-state index in [4.69, 9.17) is 0 Å². The van der Waals surface area contributed by atoms with Crippen LogP contribution in [-0.2, 0) is 7.05 Å². The highest BCUT2D eigenvalue weighted by molar-refractivity contribution is 7.17. The van der Waals surface area contributed by atoms with Crippen molar-refractivity contribution in [3.63, 3.8) is 0 Å². The number of hydrogen-bond donors (Lipinski definition) is 2. The normalized spacial score (nSPS) is 10.0. The van der Waals surface area contributed by atoms with Gasteiger partial charge >= 0.3 is 0 Å². The van der Waals surface area contributed by atoms with Crippen LogP contribution < -0.4 is 16.2 Å². The van der Waals surface area contributed by atoms with Gasteiger partial charge in [0, 0.05) is 20.1 Å². The van der Waals surface area contributed by atoms with Gasteiger partial charge in [-0.05, 0) is 32.9 Å². The number of halogens is 2. The maximum Gasteiger partial charge on any atom is 0.277 e. The van der Waals surface area contributed by atoms with Crippen LogP contribution in [0.2, 0.25) is 0 Å². The molecule has 0 bridgehead atoms. The van der Waals surface area contributed by atoms with Gasteiger partial charge in [0.25, 0.3) is 11.5 Å². The second-order valence-corrected chi connectivity index (χ2v) is 6.56. The maximum absolute atomic E-state index is 12.4. The lowest BCUT2D eigenvalue weighted by Crippen LogP contribution is -2.31. The largest absolute Gasteiger partial charge is 0.350 e. The molecule has 0 radical (unpaired) electrons. The molecule has 0 aromatic carbocycles. The number of carbonyl (C=O) groups excluding carboxylic acids is 1. The zero-order chi connectivity index (χ0) is 17.9. The van der Waals surface area contributed by atoms with Crippen molar-refractivity contribution in [1.82, 2.24) is 25.4 Å². The number of nitrogens with zero attached hydrogens (tertiary/aromatic N) is 3. The van der Waals surface area contributed by atoms with Crippen molar-refractivity contribution in [1.29, 1.82) is 0 Å². The summed E-state index contributed by atoms with van der Waals surface area (Å²) >= 11 is 1.25. The highest BCUT2D eigenvalue weighted by Crippen LogP contribution is 2.28. The van der Waals surface area contributed by atoms with Gasteiger partial charge in [0.15, 0.2) is 0 Å². The molecule has 2 aromatic heterocycles. The first-order valence-corrected chi connectivity index (χ1v) is 8.69. The van der Waals surface area contributed by atoms with E-state index in [0.29, 0.717) is 27.7 Å². The molecule has 0 aliphatic rings. The summed E-state index contributed by atoms with van der Waals surface area (Å²) in [5, 5.41) is 10.8. The van der Waals surface area contributed by atoms with Gasteiger partial charge < -0.3 is 10.6 Å². The Balaban J connectivity index is 0.00000312. The van der Waals surface area contributed by atoms with Gasteiger partial charge in [-0.25, -0.2) is 9.67 Å². The molecule has 0 saturated carbocycles. The van der Waals surface area contributed by atoms with Gasteiger partial charge in [-0.3, -0.25) is 9.59 Å². The minimum Gasteiger partial charge on any atom is -0.350 e. The third kappa shape index (κ3) is 5.26. The molecule has 2 rings (SSSR count). The van der Waals surface area contributed by atoms with Gasteiger partial charge in [-0.15, -0.1) is 36.2 Å². The van der Waals surface area contributed by atoms with Crippen LogP contribution >= 0.6 is 36.2 Å². The van der Waals surface area contributed by atoms with E-state index in [1.807, 2.05) is 20.8 Å². The van der Waals surface area contributed by atoms with Crippen LogP contribution in [0.1, 0.15) is 33.5 Å². The number of thiazole rings is 1. The summed E-state index contributed by atoms with van der Waals surface area (Å²) in [4.78, 5) is 29.7. The fraction of sp³-hybridized carbons (Fsp3) is 0.500. The standard InChI is InChI=1S/C16H23N5O2S.2ClH/c1-6-17-7-8-18-14(22)13-11(4)19-15(24-13)12-9(2)10(3)20-21(5)16(12)23;;/h17H,6-8H2,1-5H3,(H,18,22);2*1H. The van der Waals surface area contributed by atoms with Crippen molar-refractivity contribution in [2.75, 3.05) is 19.6 Å². The van der Waals surface area contributed by atoms with Crippen LogP contribution in [0.3, 0.4) is 0 Å². The van der Waals surface area contributed by atoms with Gasteiger partial charge in [-0.2, -0.15) is 5.10 Å². The second-order valence-electron chi connectivity index (χ2n) is 5.56. The molecule has 7 nitrogen and oxygen atoms in total. The molecule has 0 fully saturated rings. The predicted octanol–water partition coefficient (Wildman–Crippen LogP) is 2.01. The molecule has 0 unspecified atom stereocenters. The fourth-order valence-corrected chi connectivity index (χ4v) is 3.41. The average molecular weight is 422 g/mol. The van der Waals surface area contributed by atoms with Crippen LogP contribution in [0.4, 0.5) is 0 Å². The van der Waals surface area contributed by atoms with E-state index in [-0.39, 0.29) is 36.3 Å². The van der Waals surface area contributed by atoms with Crippen LogP contribution in [0.15, 0.2) is 4.79 Å². The minimum absolute atomic E-state index is 0. The number of hydrogen-bond acceptors (Lipinski definition) is 6. The van der Waals surface area contributed by atoms with E-state index in [1.165, 1.54) is 16.0 Å². The molecule has 26 heavy (non-hydrogen) atoms. The van der Waals surface area contributed by atoms with Gasteiger partial charge in [-0.1, -0.05) is 6.92 Å². The van der Waals surface area contributed by atoms with Crippen molar-refractivity contribution >= 4 is 42.1 Å². The van der Waals surface area contributed by atoms with Crippen molar-refractivity contribution in [3.8, 4) is 10.6 Å². The van der Waals surface area contributed by atoms with Crippen LogP contribution in [0, 0.1) is 20.8 Å². The van der Waals surface area contributed by atoms with E-state index in [9.17, 15) is 9.59 Å². The molecule has 2 aromatic rings. The summed E-state index contributed by atoms with van der Waals surface area (Å²) < 4.78 is 1.31. The Morgan fingerprint density at radius 1 is 1.15 bits per heavy atom. The first-order chi connectivity index (χ1) is 11.4. The molecule has 10 heteroatoms. The molecule has 0 aliphatic carbocycles. The molecule has 1 amide bonds. The van der Waals surface area contributed by atoms with Crippen LogP contribution in [-0.4, -0.2) is 40.3 Å². The predicted molar refractivity (Wildman–Crippen MR) is 110 cm³/mol. The van der Waals surface area contributed by atoms with Crippen molar-refractivity contribution < 1.29 is 4.79 Å². The summed E-state index contributed by atoms with van der Waals surface area (Å²) in [5.74, 6) is -0.158. The summed E-state index contributed by atoms with van der Waals surface area (Å²) in [6.07, 6.45) is 0. The summed E-state index contributed by atoms with van der Waals surface area (Å²) in [5.41, 5.74) is 2.52. The van der Waals surface area contributed by atoms with Gasteiger partial charge in [0.1, 0.15) is 9.88 Å². The van der Waals surface area contributed by atoms with Gasteiger partial charge in [0.2, 0.25) is 0 Å². The topological polar surface area (TPSA) is 88.9 Å². The lowest BCUT2D eigenvalue weighted by Gasteiger charge is -2.07. The zero-order valence-electron chi connectivity index (χ0n) is 15.5. The molecular weight excluding hydrogens is 397 g/mol. The number of carbonyl (C=O) groups is 1. The average Bonchev–Trinajstić information content (AvgIpc) is 2.91. The number of aryl methyl sites for hydroxylation is 3. The first-order valence-electron chi connectivity index (χ1n) is 7.88. The second kappa shape index (κ2) is 10.6. The number of amides is 1. The maximum atomic E-state index is 12.4. The number of nitrogens with one attached hydrogen (secondary N) is 2. The number of rotatable bonds is 6. The van der Waals surface area contributed by atoms with Gasteiger partial charge in [0.05, 0.1) is 17.0 Å². The fourth-order valence-electron chi connectivity index (χ4n) is 2.34. The Morgan fingerprint density at radius 3 is 2.42 bits per heavy atom. The lowest BCUT2D eigenvalue weighted by molar-refractivity contribution is 0.0957. The molecule has 146 valence electrons. The summed E-state index contributed by atoms with van der Waals surface area (Å²) in [6.45, 7) is 9.64. The molecule has 0 aliphatic heterocycles. The van der Waals surface area contributed by atoms with E-state index in [1.54, 1.807) is 14.0 Å². The Bertz CT molecular complexity index is 820. The SMILES string of the molecule is CCNCCNC(=O)c1sc(-c2c(C)c(C)nn(C)c2=O)nc1C.Cl.Cl. The highest BCUT2D eigenvalue weighted by atomic mass is 35.5. The zero-order valence-corrected chi connectivity index (χ0v) is 18.0. The molecular formula is C16H25Cl2N5O2S.